The standard InChI is InChI=1S/C13H16O3/c1-9(7-13(14)15)6-10-8-16-12-5-3-2-4-11(10)12/h2-5,9-10H,6-8H2,1H3,(H,14,15). The first-order chi connectivity index (χ1) is 7.66. The molecule has 0 amide bonds. The molecule has 3 heteroatoms. The number of carbonyl (C=O) groups is 1. The molecule has 1 aromatic rings. The summed E-state index contributed by atoms with van der Waals surface area (Å²) in [5.74, 6) is 0.775. The van der Waals surface area contributed by atoms with Crippen molar-refractivity contribution in [3.63, 3.8) is 0 Å². The zero-order valence-corrected chi connectivity index (χ0v) is 9.35. The minimum Gasteiger partial charge on any atom is -0.493 e. The minimum absolute atomic E-state index is 0.192. The number of carboxylic acid groups (broad SMARTS) is 1. The van der Waals surface area contributed by atoms with Gasteiger partial charge in [-0.1, -0.05) is 25.1 Å². The molecule has 16 heavy (non-hydrogen) atoms. The number of carboxylic acids is 1. The summed E-state index contributed by atoms with van der Waals surface area (Å²) >= 11 is 0. The fourth-order valence-corrected chi connectivity index (χ4v) is 2.29. The van der Waals surface area contributed by atoms with Crippen LogP contribution in [0.3, 0.4) is 0 Å². The molecule has 0 saturated carbocycles. The van der Waals surface area contributed by atoms with Crippen LogP contribution in [0.1, 0.15) is 31.2 Å². The van der Waals surface area contributed by atoms with E-state index in [9.17, 15) is 4.79 Å². The maximum absolute atomic E-state index is 10.6. The van der Waals surface area contributed by atoms with Crippen LogP contribution in [0, 0.1) is 5.92 Å². The second-order valence-corrected chi connectivity index (χ2v) is 4.48. The quantitative estimate of drug-likeness (QED) is 0.848. The highest BCUT2D eigenvalue weighted by Gasteiger charge is 2.25. The number of para-hydroxylation sites is 1. The second kappa shape index (κ2) is 4.56. The predicted octanol–water partition coefficient (Wildman–Crippen LogP) is 2.66. The van der Waals surface area contributed by atoms with Crippen molar-refractivity contribution in [2.75, 3.05) is 6.61 Å². The van der Waals surface area contributed by atoms with Gasteiger partial charge in [-0.3, -0.25) is 4.79 Å². The van der Waals surface area contributed by atoms with Crippen LogP contribution >= 0.6 is 0 Å². The van der Waals surface area contributed by atoms with Crippen LogP contribution in [-0.4, -0.2) is 17.7 Å². The van der Waals surface area contributed by atoms with E-state index in [1.807, 2.05) is 25.1 Å². The first-order valence-electron chi connectivity index (χ1n) is 5.60. The highest BCUT2D eigenvalue weighted by Crippen LogP contribution is 2.37. The van der Waals surface area contributed by atoms with E-state index in [4.69, 9.17) is 9.84 Å². The van der Waals surface area contributed by atoms with Gasteiger partial charge in [0, 0.05) is 17.9 Å². The molecular formula is C13H16O3. The molecule has 1 heterocycles. The van der Waals surface area contributed by atoms with Crippen LogP contribution in [0.25, 0.3) is 0 Å². The van der Waals surface area contributed by atoms with Crippen LogP contribution < -0.4 is 4.74 Å². The largest absolute Gasteiger partial charge is 0.493 e. The van der Waals surface area contributed by atoms with Crippen LogP contribution in [0.15, 0.2) is 24.3 Å². The smallest absolute Gasteiger partial charge is 0.303 e. The topological polar surface area (TPSA) is 46.5 Å². The lowest BCUT2D eigenvalue weighted by Crippen LogP contribution is -2.10. The molecule has 86 valence electrons. The van der Waals surface area contributed by atoms with Crippen molar-refractivity contribution in [2.45, 2.75) is 25.7 Å². The Morgan fingerprint density at radius 1 is 1.56 bits per heavy atom. The molecule has 0 aromatic heterocycles. The number of aliphatic carboxylic acids is 1. The Morgan fingerprint density at radius 3 is 3.06 bits per heavy atom. The minimum atomic E-state index is -0.722. The Bertz CT molecular complexity index is 387. The molecule has 1 aliphatic rings. The van der Waals surface area contributed by atoms with Gasteiger partial charge >= 0.3 is 5.97 Å². The summed E-state index contributed by atoms with van der Waals surface area (Å²) in [7, 11) is 0. The van der Waals surface area contributed by atoms with E-state index in [2.05, 4.69) is 6.07 Å². The first-order valence-corrected chi connectivity index (χ1v) is 5.60. The maximum atomic E-state index is 10.6. The molecule has 1 aromatic carbocycles. The zero-order valence-electron chi connectivity index (χ0n) is 9.35. The number of benzene rings is 1. The number of rotatable bonds is 4. The molecule has 1 aliphatic heterocycles. The van der Waals surface area contributed by atoms with Gasteiger partial charge in [0.1, 0.15) is 5.75 Å². The Labute approximate surface area is 95.0 Å². The van der Waals surface area contributed by atoms with Crippen molar-refractivity contribution in [1.29, 1.82) is 0 Å². The van der Waals surface area contributed by atoms with Crippen molar-refractivity contribution in [3.05, 3.63) is 29.8 Å². The highest BCUT2D eigenvalue weighted by molar-refractivity contribution is 5.66. The molecule has 2 rings (SSSR count). The van der Waals surface area contributed by atoms with Crippen molar-refractivity contribution in [2.24, 2.45) is 5.92 Å². The molecule has 0 saturated heterocycles. The van der Waals surface area contributed by atoms with E-state index < -0.39 is 5.97 Å². The van der Waals surface area contributed by atoms with E-state index in [0.29, 0.717) is 12.5 Å². The van der Waals surface area contributed by atoms with Crippen molar-refractivity contribution in [3.8, 4) is 5.75 Å². The Kier molecular flexibility index (Phi) is 3.13. The van der Waals surface area contributed by atoms with Crippen LogP contribution in [-0.2, 0) is 4.79 Å². The van der Waals surface area contributed by atoms with Gasteiger partial charge in [0.15, 0.2) is 0 Å². The summed E-state index contributed by atoms with van der Waals surface area (Å²) in [5, 5.41) is 8.72. The van der Waals surface area contributed by atoms with E-state index in [1.165, 1.54) is 5.56 Å². The summed E-state index contributed by atoms with van der Waals surface area (Å²) in [6.45, 7) is 2.67. The molecule has 0 radical (unpaired) electrons. The number of hydrogen-bond acceptors (Lipinski definition) is 2. The van der Waals surface area contributed by atoms with E-state index in [1.54, 1.807) is 0 Å². The molecule has 1 N–H and O–H groups in total. The molecule has 2 atom stereocenters. The summed E-state index contributed by atoms with van der Waals surface area (Å²) in [6.07, 6.45) is 1.11. The van der Waals surface area contributed by atoms with Crippen LogP contribution in [0.4, 0.5) is 0 Å². The van der Waals surface area contributed by atoms with E-state index >= 15 is 0 Å². The molecule has 0 fully saturated rings. The van der Waals surface area contributed by atoms with Crippen molar-refractivity contribution in [1.82, 2.24) is 0 Å². The summed E-state index contributed by atoms with van der Waals surface area (Å²) in [5.41, 5.74) is 1.22. The van der Waals surface area contributed by atoms with Gasteiger partial charge in [0.05, 0.1) is 6.61 Å². The average Bonchev–Trinajstić information content (AvgIpc) is 2.61. The molecule has 0 bridgehead atoms. The number of hydrogen-bond donors (Lipinski definition) is 1. The lowest BCUT2D eigenvalue weighted by molar-refractivity contribution is -0.138. The summed E-state index contributed by atoms with van der Waals surface area (Å²) < 4.78 is 5.57. The van der Waals surface area contributed by atoms with Gasteiger partial charge in [-0.15, -0.1) is 0 Å². The first kappa shape index (κ1) is 11.0. The van der Waals surface area contributed by atoms with Crippen LogP contribution in [0.5, 0.6) is 5.75 Å². The lowest BCUT2D eigenvalue weighted by Gasteiger charge is -2.13. The van der Waals surface area contributed by atoms with Gasteiger partial charge < -0.3 is 9.84 Å². The summed E-state index contributed by atoms with van der Waals surface area (Å²) in [6, 6.07) is 8.00. The maximum Gasteiger partial charge on any atom is 0.303 e. The third-order valence-electron chi connectivity index (χ3n) is 3.01. The lowest BCUT2D eigenvalue weighted by atomic mass is 9.89. The molecule has 2 unspecified atom stereocenters. The predicted molar refractivity (Wildman–Crippen MR) is 60.7 cm³/mol. The fourth-order valence-electron chi connectivity index (χ4n) is 2.29. The zero-order chi connectivity index (χ0) is 11.5. The van der Waals surface area contributed by atoms with E-state index in [0.717, 1.165) is 12.2 Å². The van der Waals surface area contributed by atoms with Gasteiger partial charge in [-0.05, 0) is 18.4 Å². The average molecular weight is 220 g/mol. The molecular weight excluding hydrogens is 204 g/mol. The number of fused-ring (bicyclic) bond motifs is 1. The van der Waals surface area contributed by atoms with Crippen molar-refractivity contribution >= 4 is 5.97 Å². The van der Waals surface area contributed by atoms with Crippen LogP contribution in [0.2, 0.25) is 0 Å². The highest BCUT2D eigenvalue weighted by atomic mass is 16.5. The fraction of sp³-hybridized carbons (Fsp3) is 0.462. The molecule has 0 spiro atoms. The van der Waals surface area contributed by atoms with Gasteiger partial charge in [0.2, 0.25) is 0 Å². The monoisotopic (exact) mass is 220 g/mol. The Morgan fingerprint density at radius 2 is 2.31 bits per heavy atom. The van der Waals surface area contributed by atoms with E-state index in [-0.39, 0.29) is 12.3 Å². The summed E-state index contributed by atoms with van der Waals surface area (Å²) in [4.78, 5) is 10.6. The van der Waals surface area contributed by atoms with Gasteiger partial charge in [0.25, 0.3) is 0 Å². The Balaban J connectivity index is 2.00. The number of ether oxygens (including phenoxy) is 1. The molecule has 3 nitrogen and oxygen atoms in total. The van der Waals surface area contributed by atoms with Crippen molar-refractivity contribution < 1.29 is 14.6 Å². The molecule has 0 aliphatic carbocycles. The Hall–Kier alpha value is -1.51. The SMILES string of the molecule is CC(CC(=O)O)CC1COc2ccccc21. The normalized spacial score (nSPS) is 19.9. The van der Waals surface area contributed by atoms with Gasteiger partial charge in [-0.2, -0.15) is 0 Å². The second-order valence-electron chi connectivity index (χ2n) is 4.48. The third kappa shape index (κ3) is 2.35. The van der Waals surface area contributed by atoms with Gasteiger partial charge in [-0.25, -0.2) is 0 Å². The third-order valence-corrected chi connectivity index (χ3v) is 3.01.